The molecule has 1 saturated carbocycles. The van der Waals surface area contributed by atoms with Crippen molar-refractivity contribution >= 4 is 17.7 Å². The number of nitrogens with zero attached hydrogens (tertiary/aromatic N) is 1. The topological polar surface area (TPSA) is 79.9 Å². The van der Waals surface area contributed by atoms with Crippen LogP contribution < -0.4 is 15.4 Å². The Labute approximate surface area is 206 Å². The molecule has 2 N–H and O–H groups in total. The maximum absolute atomic E-state index is 13.0. The van der Waals surface area contributed by atoms with Crippen molar-refractivity contribution in [2.24, 2.45) is 11.8 Å². The second-order valence-electron chi connectivity index (χ2n) is 9.54. The monoisotopic (exact) mass is 475 g/mol. The molecule has 7 heteroatoms. The largest absolute Gasteiger partial charge is 0.494 e. The Balaban J connectivity index is 1.46. The SMILES string of the molecule is C=CCOC(=O)N1CCC2C(c3ccc(OCC)cc3)Nc3ccc(C(=O)NCC4CC4)cc3C21. The molecule has 3 unspecified atom stereocenters. The molecule has 35 heavy (non-hydrogen) atoms. The predicted octanol–water partition coefficient (Wildman–Crippen LogP) is 5.08. The molecule has 2 fully saturated rings. The number of nitrogens with one attached hydrogen (secondary N) is 2. The summed E-state index contributed by atoms with van der Waals surface area (Å²) in [6.45, 7) is 7.73. The summed E-state index contributed by atoms with van der Waals surface area (Å²) < 4.78 is 11.0. The van der Waals surface area contributed by atoms with Gasteiger partial charge in [-0.1, -0.05) is 24.8 Å². The molecule has 3 aliphatic rings. The molecule has 2 aliphatic heterocycles. The number of rotatable bonds is 8. The van der Waals surface area contributed by atoms with Crippen LogP contribution in [0.3, 0.4) is 0 Å². The molecule has 1 aliphatic carbocycles. The van der Waals surface area contributed by atoms with Gasteiger partial charge in [-0.2, -0.15) is 0 Å². The molecule has 5 rings (SSSR count). The number of carbonyl (C=O) groups excluding carboxylic acids is 2. The lowest BCUT2D eigenvalue weighted by Gasteiger charge is -2.40. The first-order valence-electron chi connectivity index (χ1n) is 12.5. The third kappa shape index (κ3) is 4.85. The van der Waals surface area contributed by atoms with Crippen LogP contribution in [0.25, 0.3) is 0 Å². The number of hydrogen-bond acceptors (Lipinski definition) is 5. The number of hydrogen-bond donors (Lipinski definition) is 2. The van der Waals surface area contributed by atoms with Crippen LogP contribution in [0.15, 0.2) is 55.1 Å². The highest BCUT2D eigenvalue weighted by Gasteiger charge is 2.47. The summed E-state index contributed by atoms with van der Waals surface area (Å²) in [5, 5.41) is 6.75. The molecular weight excluding hydrogens is 442 g/mol. The Bertz CT molecular complexity index is 1100. The van der Waals surface area contributed by atoms with Gasteiger partial charge in [-0.25, -0.2) is 4.79 Å². The van der Waals surface area contributed by atoms with Crippen LogP contribution in [0, 0.1) is 11.8 Å². The van der Waals surface area contributed by atoms with Crippen LogP contribution in [-0.2, 0) is 4.74 Å². The first-order valence-corrected chi connectivity index (χ1v) is 12.5. The van der Waals surface area contributed by atoms with Gasteiger partial charge in [0.2, 0.25) is 0 Å². The van der Waals surface area contributed by atoms with Crippen LogP contribution >= 0.6 is 0 Å². The predicted molar refractivity (Wildman–Crippen MR) is 135 cm³/mol. The third-order valence-electron chi connectivity index (χ3n) is 7.17. The van der Waals surface area contributed by atoms with Crippen molar-refractivity contribution in [3.05, 3.63) is 71.8 Å². The minimum Gasteiger partial charge on any atom is -0.494 e. The van der Waals surface area contributed by atoms with E-state index in [0.29, 0.717) is 24.6 Å². The molecule has 7 nitrogen and oxygen atoms in total. The summed E-state index contributed by atoms with van der Waals surface area (Å²) in [5.41, 5.74) is 3.66. The highest BCUT2D eigenvalue weighted by Crippen LogP contribution is 2.51. The number of benzene rings is 2. The van der Waals surface area contributed by atoms with Crippen LogP contribution in [0.5, 0.6) is 5.75 Å². The van der Waals surface area contributed by atoms with E-state index in [4.69, 9.17) is 9.47 Å². The lowest BCUT2D eigenvalue weighted by Crippen LogP contribution is -2.38. The van der Waals surface area contributed by atoms with E-state index in [-0.39, 0.29) is 36.6 Å². The molecule has 1 saturated heterocycles. The Morgan fingerprint density at radius 3 is 2.69 bits per heavy atom. The van der Waals surface area contributed by atoms with Crippen molar-refractivity contribution in [3.8, 4) is 5.75 Å². The number of amides is 2. The third-order valence-corrected chi connectivity index (χ3v) is 7.17. The summed E-state index contributed by atoms with van der Waals surface area (Å²) in [6.07, 6.45) is 4.43. The van der Waals surface area contributed by atoms with Crippen LogP contribution in [0.1, 0.15) is 59.8 Å². The van der Waals surface area contributed by atoms with Crippen LogP contribution in [-0.4, -0.2) is 43.2 Å². The molecule has 2 heterocycles. The van der Waals surface area contributed by atoms with E-state index in [1.807, 2.05) is 37.3 Å². The second kappa shape index (κ2) is 10.0. The van der Waals surface area contributed by atoms with Gasteiger partial charge in [0.1, 0.15) is 12.4 Å². The van der Waals surface area contributed by atoms with E-state index >= 15 is 0 Å². The molecule has 184 valence electrons. The van der Waals surface area contributed by atoms with Gasteiger partial charge in [0, 0.05) is 30.3 Å². The van der Waals surface area contributed by atoms with Crippen molar-refractivity contribution < 1.29 is 19.1 Å². The molecule has 2 aromatic carbocycles. The van der Waals surface area contributed by atoms with Crippen LogP contribution in [0.2, 0.25) is 0 Å². The van der Waals surface area contributed by atoms with E-state index in [9.17, 15) is 9.59 Å². The van der Waals surface area contributed by atoms with Crippen LogP contribution in [0.4, 0.5) is 10.5 Å². The number of carbonyl (C=O) groups is 2. The minimum absolute atomic E-state index is 0.0231. The van der Waals surface area contributed by atoms with Crippen molar-refractivity contribution in [1.29, 1.82) is 0 Å². The summed E-state index contributed by atoms with van der Waals surface area (Å²) in [4.78, 5) is 27.6. The smallest absolute Gasteiger partial charge is 0.410 e. The van der Waals surface area contributed by atoms with Gasteiger partial charge < -0.3 is 25.0 Å². The first-order chi connectivity index (χ1) is 17.1. The highest BCUT2D eigenvalue weighted by molar-refractivity contribution is 5.95. The zero-order valence-electron chi connectivity index (χ0n) is 20.2. The standard InChI is InChI=1S/C28H33N3O4/c1-3-15-35-28(33)31-14-13-22-25(19-7-10-21(11-8-19)34-4-2)30-24-12-9-20(16-23(24)26(22)31)27(32)29-17-18-5-6-18/h3,7-12,16,18,22,25-26,30H,1,4-6,13-15,17H2,2H3,(H,29,32). The van der Waals surface area contributed by atoms with Gasteiger partial charge in [-0.15, -0.1) is 0 Å². The number of anilines is 1. The number of ether oxygens (including phenoxy) is 2. The number of likely N-dealkylation sites (tertiary alicyclic amines) is 1. The summed E-state index contributed by atoms with van der Waals surface area (Å²) in [5.74, 6) is 1.53. The van der Waals surface area contributed by atoms with E-state index in [0.717, 1.165) is 35.5 Å². The van der Waals surface area contributed by atoms with Gasteiger partial charge in [-0.05, 0) is 73.6 Å². The summed E-state index contributed by atoms with van der Waals surface area (Å²) in [7, 11) is 0. The fourth-order valence-electron chi connectivity index (χ4n) is 5.27. The molecule has 0 aromatic heterocycles. The van der Waals surface area contributed by atoms with Crippen molar-refractivity contribution in [2.75, 3.05) is 31.6 Å². The molecule has 2 aromatic rings. The molecular formula is C28H33N3O4. The molecule has 3 atom stereocenters. The Morgan fingerprint density at radius 2 is 1.97 bits per heavy atom. The van der Waals surface area contributed by atoms with E-state index < -0.39 is 0 Å². The highest BCUT2D eigenvalue weighted by atomic mass is 16.6. The van der Waals surface area contributed by atoms with E-state index in [1.54, 1.807) is 11.0 Å². The maximum atomic E-state index is 13.0. The lowest BCUT2D eigenvalue weighted by molar-refractivity contribution is 0.0951. The minimum atomic E-state index is -0.348. The second-order valence-corrected chi connectivity index (χ2v) is 9.54. The van der Waals surface area contributed by atoms with Gasteiger partial charge >= 0.3 is 6.09 Å². The quantitative estimate of drug-likeness (QED) is 0.521. The molecule has 2 amide bonds. The fraction of sp³-hybridized carbons (Fsp3) is 0.429. The fourth-order valence-corrected chi connectivity index (χ4v) is 5.27. The molecule has 0 bridgehead atoms. The van der Waals surface area contributed by atoms with Gasteiger partial charge in [0.25, 0.3) is 5.91 Å². The lowest BCUT2D eigenvalue weighted by atomic mass is 9.79. The van der Waals surface area contributed by atoms with Crippen molar-refractivity contribution in [3.63, 3.8) is 0 Å². The zero-order chi connectivity index (χ0) is 24.4. The Kier molecular flexibility index (Phi) is 6.66. The van der Waals surface area contributed by atoms with Crippen molar-refractivity contribution in [1.82, 2.24) is 10.2 Å². The molecule has 0 radical (unpaired) electrons. The number of fused-ring (bicyclic) bond motifs is 3. The van der Waals surface area contributed by atoms with Gasteiger partial charge in [-0.3, -0.25) is 4.79 Å². The maximum Gasteiger partial charge on any atom is 0.410 e. The normalized spacial score (nSPS) is 22.4. The molecule has 0 spiro atoms. The van der Waals surface area contributed by atoms with Gasteiger partial charge in [0.15, 0.2) is 0 Å². The average molecular weight is 476 g/mol. The summed E-state index contributed by atoms with van der Waals surface area (Å²) in [6, 6.07) is 13.8. The Hall–Kier alpha value is -3.48. The average Bonchev–Trinajstić information content (AvgIpc) is 3.61. The summed E-state index contributed by atoms with van der Waals surface area (Å²) >= 11 is 0. The zero-order valence-corrected chi connectivity index (χ0v) is 20.2. The van der Waals surface area contributed by atoms with Crippen molar-refractivity contribution in [2.45, 2.75) is 38.3 Å². The first kappa shape index (κ1) is 23.3. The van der Waals surface area contributed by atoms with E-state index in [2.05, 4.69) is 29.3 Å². The van der Waals surface area contributed by atoms with E-state index in [1.165, 1.54) is 12.8 Å². The van der Waals surface area contributed by atoms with Gasteiger partial charge in [0.05, 0.1) is 18.7 Å². The Morgan fingerprint density at radius 1 is 1.17 bits per heavy atom.